The van der Waals surface area contributed by atoms with E-state index < -0.39 is 11.1 Å². The van der Waals surface area contributed by atoms with Gasteiger partial charge in [0.25, 0.3) is 11.6 Å². The molecule has 0 aliphatic carbocycles. The molecule has 1 atom stereocenters. The van der Waals surface area contributed by atoms with Crippen molar-refractivity contribution < 1.29 is 9.72 Å². The van der Waals surface area contributed by atoms with Crippen LogP contribution in [0.3, 0.4) is 0 Å². The fraction of sp³-hybridized carbons (Fsp3) is 0.118. The molecule has 8 nitrogen and oxygen atoms in total. The molecular formula is C17H11BrClN5O3S. The molecule has 11 heteroatoms. The van der Waals surface area contributed by atoms with Crippen LogP contribution in [0.15, 0.2) is 51.0 Å². The third-order valence-electron chi connectivity index (χ3n) is 4.23. The highest BCUT2D eigenvalue weighted by Crippen LogP contribution is 2.34. The van der Waals surface area contributed by atoms with Crippen molar-refractivity contribution in [3.05, 3.63) is 72.1 Å². The zero-order valence-electron chi connectivity index (χ0n) is 14.2. The summed E-state index contributed by atoms with van der Waals surface area (Å²) in [6, 6.07) is 9.84. The number of hydrogen-bond donors (Lipinski definition) is 1. The largest absolute Gasteiger partial charge is 0.298 e. The number of amides is 1. The standard InChI is InChI=1S/C17H11BrClN5O3S/c1-28-17-21-16(25)14-10-7-9(18)3-5-12(10)20-15(23(14)22-17)8-2-4-11(19)13(6-8)24(26)27/h2-7,15H,1H3,(H,21,22,25)/t15-/m0/s1. The van der Waals surface area contributed by atoms with Crippen molar-refractivity contribution in [3.8, 4) is 0 Å². The van der Waals surface area contributed by atoms with Crippen LogP contribution in [0.4, 0.5) is 5.69 Å². The lowest BCUT2D eigenvalue weighted by Crippen LogP contribution is -2.50. The number of hydrogen-bond acceptors (Lipinski definition) is 7. The SMILES string of the molecule is CSC1=NN2C(=c3cc(Br)ccc3=N[C@@H]2c2ccc(Cl)c([N+](=O)[O-])c2)C(=O)N1. The van der Waals surface area contributed by atoms with Gasteiger partial charge in [0.15, 0.2) is 11.3 Å². The van der Waals surface area contributed by atoms with Gasteiger partial charge >= 0.3 is 0 Å². The summed E-state index contributed by atoms with van der Waals surface area (Å²) in [5.41, 5.74) is 0.598. The number of nitrogens with one attached hydrogen (secondary N) is 1. The molecule has 2 aliphatic heterocycles. The van der Waals surface area contributed by atoms with E-state index in [4.69, 9.17) is 16.6 Å². The Kier molecular flexibility index (Phi) is 4.86. The minimum atomic E-state index is -0.743. The van der Waals surface area contributed by atoms with Crippen LogP contribution in [-0.4, -0.2) is 27.3 Å². The fourth-order valence-electron chi connectivity index (χ4n) is 2.99. The Hall–Kier alpha value is -2.43. The molecule has 0 radical (unpaired) electrons. The molecule has 0 saturated carbocycles. The van der Waals surface area contributed by atoms with Gasteiger partial charge in [-0.3, -0.25) is 25.2 Å². The van der Waals surface area contributed by atoms with E-state index in [0.29, 0.717) is 27.0 Å². The van der Waals surface area contributed by atoms with Crippen molar-refractivity contribution in [2.24, 2.45) is 10.1 Å². The zero-order valence-corrected chi connectivity index (χ0v) is 17.4. The Morgan fingerprint density at radius 2 is 2.11 bits per heavy atom. The second-order valence-corrected chi connectivity index (χ2v) is 8.01. The van der Waals surface area contributed by atoms with E-state index in [-0.39, 0.29) is 16.6 Å². The minimum Gasteiger partial charge on any atom is -0.298 e. The zero-order chi connectivity index (χ0) is 20.0. The average molecular weight is 481 g/mol. The van der Waals surface area contributed by atoms with Crippen LogP contribution in [0.5, 0.6) is 0 Å². The third kappa shape index (κ3) is 3.17. The summed E-state index contributed by atoms with van der Waals surface area (Å²) in [7, 11) is 0. The normalized spacial score (nSPS) is 17.9. The van der Waals surface area contributed by atoms with Crippen molar-refractivity contribution in [1.82, 2.24) is 10.3 Å². The van der Waals surface area contributed by atoms with Gasteiger partial charge in [-0.2, -0.15) is 0 Å². The van der Waals surface area contributed by atoms with E-state index in [1.165, 1.54) is 28.9 Å². The highest BCUT2D eigenvalue weighted by molar-refractivity contribution is 9.10. The van der Waals surface area contributed by atoms with Crippen molar-refractivity contribution in [2.45, 2.75) is 6.17 Å². The van der Waals surface area contributed by atoms with E-state index in [1.807, 2.05) is 6.07 Å². The maximum atomic E-state index is 12.8. The number of thioether (sulfide) groups is 1. The van der Waals surface area contributed by atoms with Gasteiger partial charge < -0.3 is 0 Å². The highest BCUT2D eigenvalue weighted by Gasteiger charge is 2.35. The van der Waals surface area contributed by atoms with Crippen molar-refractivity contribution in [1.29, 1.82) is 0 Å². The Morgan fingerprint density at radius 1 is 1.32 bits per heavy atom. The number of amidine groups is 1. The van der Waals surface area contributed by atoms with Crippen LogP contribution in [0.1, 0.15) is 11.7 Å². The van der Waals surface area contributed by atoms with Gasteiger partial charge in [-0.15, -0.1) is 5.10 Å². The van der Waals surface area contributed by atoms with Gasteiger partial charge in [0.2, 0.25) is 0 Å². The average Bonchev–Trinajstić information content (AvgIpc) is 2.67. The lowest BCUT2D eigenvalue weighted by molar-refractivity contribution is -0.384. The summed E-state index contributed by atoms with van der Waals surface area (Å²) in [5, 5.41) is 21.7. The highest BCUT2D eigenvalue weighted by atomic mass is 79.9. The van der Waals surface area contributed by atoms with Gasteiger partial charge in [-0.1, -0.05) is 45.4 Å². The molecule has 0 unspecified atom stereocenters. The summed E-state index contributed by atoms with van der Waals surface area (Å²) in [5.74, 6) is -0.318. The van der Waals surface area contributed by atoms with Gasteiger partial charge in [-0.05, 0) is 30.5 Å². The molecular weight excluding hydrogens is 470 g/mol. The molecule has 2 aliphatic rings. The van der Waals surface area contributed by atoms with Crippen molar-refractivity contribution in [2.75, 3.05) is 6.26 Å². The number of fused-ring (bicyclic) bond motifs is 2. The minimum absolute atomic E-state index is 0.0304. The molecule has 2 aromatic carbocycles. The van der Waals surface area contributed by atoms with Crippen LogP contribution >= 0.6 is 39.3 Å². The van der Waals surface area contributed by atoms with E-state index in [2.05, 4.69) is 26.3 Å². The Bertz CT molecular complexity index is 1190. The first kappa shape index (κ1) is 18.9. The Balaban J connectivity index is 1.99. The lowest BCUT2D eigenvalue weighted by Gasteiger charge is -2.33. The molecule has 2 aromatic rings. The van der Waals surface area contributed by atoms with E-state index >= 15 is 0 Å². The number of nitrogens with zero attached hydrogens (tertiary/aromatic N) is 4. The maximum absolute atomic E-state index is 12.8. The maximum Gasteiger partial charge on any atom is 0.288 e. The molecule has 0 saturated heterocycles. The number of nitro groups is 1. The summed E-state index contributed by atoms with van der Waals surface area (Å²) >= 11 is 10.6. The fourth-order valence-corrected chi connectivity index (χ4v) is 3.90. The quantitative estimate of drug-likeness (QED) is 0.526. The Labute approximate surface area is 176 Å². The first-order chi connectivity index (χ1) is 13.4. The molecule has 1 N–H and O–H groups in total. The second-order valence-electron chi connectivity index (χ2n) is 5.89. The molecule has 0 spiro atoms. The molecule has 4 rings (SSSR count). The monoisotopic (exact) mass is 479 g/mol. The molecule has 142 valence electrons. The molecule has 2 heterocycles. The molecule has 1 amide bonds. The summed E-state index contributed by atoms with van der Waals surface area (Å²) in [4.78, 5) is 28.2. The number of nitro benzene ring substituents is 1. The van der Waals surface area contributed by atoms with Gasteiger partial charge in [0, 0.05) is 21.3 Å². The molecule has 0 aromatic heterocycles. The van der Waals surface area contributed by atoms with Crippen LogP contribution in [0, 0.1) is 10.1 Å². The van der Waals surface area contributed by atoms with Crippen molar-refractivity contribution in [3.63, 3.8) is 0 Å². The number of benzene rings is 2. The predicted octanol–water partition coefficient (Wildman–Crippen LogP) is 2.52. The first-order valence-electron chi connectivity index (χ1n) is 7.94. The lowest BCUT2D eigenvalue weighted by atomic mass is 10.1. The summed E-state index contributed by atoms with van der Waals surface area (Å²) in [6.07, 6.45) is 1.05. The smallest absolute Gasteiger partial charge is 0.288 e. The van der Waals surface area contributed by atoms with Gasteiger partial charge in [0.05, 0.1) is 10.3 Å². The number of hydrazone groups is 1. The topological polar surface area (TPSA) is 100 Å². The van der Waals surface area contributed by atoms with E-state index in [0.717, 1.165) is 4.47 Å². The number of rotatable bonds is 2. The predicted molar refractivity (Wildman–Crippen MR) is 110 cm³/mol. The van der Waals surface area contributed by atoms with Crippen LogP contribution < -0.4 is 15.9 Å². The molecule has 28 heavy (non-hydrogen) atoms. The van der Waals surface area contributed by atoms with Gasteiger partial charge in [-0.25, -0.2) is 5.01 Å². The van der Waals surface area contributed by atoms with Crippen molar-refractivity contribution >= 4 is 61.8 Å². The summed E-state index contributed by atoms with van der Waals surface area (Å²) in [6.45, 7) is 0. The first-order valence-corrected chi connectivity index (χ1v) is 10.3. The Morgan fingerprint density at radius 3 is 2.82 bits per heavy atom. The second kappa shape index (κ2) is 7.19. The van der Waals surface area contributed by atoms with Crippen LogP contribution in [0.2, 0.25) is 5.02 Å². The number of halogens is 2. The van der Waals surface area contributed by atoms with E-state index in [1.54, 1.807) is 24.5 Å². The molecule has 0 bridgehead atoms. The van der Waals surface area contributed by atoms with Crippen LogP contribution in [0.25, 0.3) is 5.70 Å². The van der Waals surface area contributed by atoms with E-state index in [9.17, 15) is 14.9 Å². The molecule has 0 fully saturated rings. The number of carbonyl (C=O) groups excluding carboxylic acids is 1. The van der Waals surface area contributed by atoms with Crippen LogP contribution in [-0.2, 0) is 4.79 Å². The van der Waals surface area contributed by atoms with Gasteiger partial charge in [0.1, 0.15) is 10.7 Å². The third-order valence-corrected chi connectivity index (χ3v) is 5.61. The number of carbonyl (C=O) groups is 1. The summed E-state index contributed by atoms with van der Waals surface area (Å²) < 4.78 is 0.793.